The number of hydrogen-bond donors (Lipinski definition) is 2. The van der Waals surface area contributed by atoms with Crippen LogP contribution in [0.1, 0.15) is 29.2 Å². The van der Waals surface area contributed by atoms with Crippen molar-refractivity contribution in [3.63, 3.8) is 0 Å². The van der Waals surface area contributed by atoms with Crippen LogP contribution in [0.2, 0.25) is 0 Å². The summed E-state index contributed by atoms with van der Waals surface area (Å²) in [4.78, 5) is 4.34. The highest BCUT2D eigenvalue weighted by molar-refractivity contribution is 5.79. The molecule has 0 heterocycles. The van der Waals surface area contributed by atoms with E-state index in [0.29, 0.717) is 52.7 Å². The Morgan fingerprint density at radius 1 is 0.906 bits per heavy atom. The van der Waals surface area contributed by atoms with Crippen molar-refractivity contribution in [2.24, 2.45) is 4.99 Å². The molecule has 176 valence electrons. The van der Waals surface area contributed by atoms with E-state index in [1.165, 1.54) is 0 Å². The van der Waals surface area contributed by atoms with Gasteiger partial charge in [-0.25, -0.2) is 0 Å². The highest BCUT2D eigenvalue weighted by atomic mass is 16.5. The van der Waals surface area contributed by atoms with Gasteiger partial charge in [-0.1, -0.05) is 36.4 Å². The first-order chi connectivity index (χ1) is 15.7. The molecule has 0 radical (unpaired) electrons. The largest absolute Gasteiger partial charge is 0.491 e. The maximum absolute atomic E-state index is 5.88. The highest BCUT2D eigenvalue weighted by Gasteiger charge is 2.06. The fourth-order valence-electron chi connectivity index (χ4n) is 3.04. The Hall–Kier alpha value is -2.61. The summed E-state index contributed by atoms with van der Waals surface area (Å²) < 4.78 is 21.9. The number of nitrogens with one attached hydrogen (secondary N) is 2. The Kier molecular flexibility index (Phi) is 12.2. The predicted molar refractivity (Wildman–Crippen MR) is 128 cm³/mol. The van der Waals surface area contributed by atoms with E-state index in [9.17, 15) is 0 Å². The zero-order chi connectivity index (χ0) is 23.0. The van der Waals surface area contributed by atoms with Crippen LogP contribution >= 0.6 is 0 Å². The molecule has 0 saturated heterocycles. The predicted octanol–water partition coefficient (Wildman–Crippen LogP) is 3.44. The number of hydrogen-bond acceptors (Lipinski definition) is 5. The van der Waals surface area contributed by atoms with Gasteiger partial charge in [0.05, 0.1) is 26.4 Å². The summed E-state index contributed by atoms with van der Waals surface area (Å²) >= 11 is 0. The number of nitrogens with zero attached hydrogens (tertiary/aromatic N) is 1. The van der Waals surface area contributed by atoms with Crippen LogP contribution in [-0.2, 0) is 33.9 Å². The Bertz CT molecular complexity index is 827. The average molecular weight is 444 g/mol. The van der Waals surface area contributed by atoms with Gasteiger partial charge in [0.2, 0.25) is 0 Å². The van der Waals surface area contributed by atoms with Crippen LogP contribution < -0.4 is 15.4 Å². The lowest BCUT2D eigenvalue weighted by Gasteiger charge is -2.16. The lowest BCUT2D eigenvalue weighted by atomic mass is 10.1. The van der Waals surface area contributed by atoms with Gasteiger partial charge < -0.3 is 29.6 Å². The lowest BCUT2D eigenvalue weighted by Crippen LogP contribution is -2.36. The quantitative estimate of drug-likeness (QED) is 0.265. The molecule has 0 spiro atoms. The van der Waals surface area contributed by atoms with Gasteiger partial charge in [-0.2, -0.15) is 0 Å². The fourth-order valence-corrected chi connectivity index (χ4v) is 3.04. The Labute approximate surface area is 192 Å². The summed E-state index contributed by atoms with van der Waals surface area (Å²) in [5, 5.41) is 6.73. The normalized spacial score (nSPS) is 11.4. The van der Waals surface area contributed by atoms with Crippen LogP contribution in [0.15, 0.2) is 47.5 Å². The summed E-state index contributed by atoms with van der Waals surface area (Å²) in [5.41, 5.74) is 4.53. The number of aryl methyl sites for hydroxylation is 1. The third kappa shape index (κ3) is 9.68. The molecule has 0 atom stereocenters. The molecule has 2 aromatic carbocycles. The molecule has 0 unspecified atom stereocenters. The third-order valence-electron chi connectivity index (χ3n) is 4.73. The molecule has 0 fully saturated rings. The second-order valence-electron chi connectivity index (χ2n) is 7.30. The minimum atomic E-state index is 0.519. The molecule has 2 rings (SSSR count). The van der Waals surface area contributed by atoms with Gasteiger partial charge >= 0.3 is 0 Å². The maximum Gasteiger partial charge on any atom is 0.191 e. The Balaban J connectivity index is 1.84. The van der Waals surface area contributed by atoms with Crippen LogP contribution in [0.4, 0.5) is 0 Å². The van der Waals surface area contributed by atoms with E-state index in [4.69, 9.17) is 18.9 Å². The van der Waals surface area contributed by atoms with E-state index in [2.05, 4.69) is 52.9 Å². The second-order valence-corrected chi connectivity index (χ2v) is 7.30. The van der Waals surface area contributed by atoms with Crippen LogP contribution in [-0.4, -0.2) is 53.2 Å². The minimum absolute atomic E-state index is 0.519. The van der Waals surface area contributed by atoms with Gasteiger partial charge in [-0.05, 0) is 36.6 Å². The average Bonchev–Trinajstić information content (AvgIpc) is 2.80. The first kappa shape index (κ1) is 25.6. The van der Waals surface area contributed by atoms with Crippen molar-refractivity contribution in [1.29, 1.82) is 0 Å². The van der Waals surface area contributed by atoms with Gasteiger partial charge in [-0.3, -0.25) is 4.99 Å². The number of benzene rings is 2. The molecule has 2 aromatic rings. The molecule has 2 N–H and O–H groups in total. The van der Waals surface area contributed by atoms with Crippen LogP contribution in [0, 0.1) is 6.92 Å². The molecule has 7 nitrogen and oxygen atoms in total. The summed E-state index contributed by atoms with van der Waals surface area (Å²) in [6, 6.07) is 14.6. The van der Waals surface area contributed by atoms with Crippen molar-refractivity contribution in [1.82, 2.24) is 10.6 Å². The number of ether oxygens (including phenoxy) is 4. The van der Waals surface area contributed by atoms with Gasteiger partial charge in [-0.15, -0.1) is 0 Å². The maximum atomic E-state index is 5.88. The van der Waals surface area contributed by atoms with Crippen molar-refractivity contribution in [2.75, 3.05) is 47.2 Å². The molecule has 0 saturated carbocycles. The van der Waals surface area contributed by atoms with Gasteiger partial charge in [0.15, 0.2) is 5.96 Å². The SMILES string of the molecule is CCOCCOCc1cccc(CNC(=NC)NCc2ccc(C)cc2OCCOC)c1. The standard InChI is InChI=1S/C25H37N3O4/c1-5-30-12-13-31-19-22-8-6-7-21(16-22)17-27-25(26-3)28-18-23-10-9-20(2)15-24(23)32-14-11-29-4/h6-10,15-16H,5,11-14,17-19H2,1-4H3,(H2,26,27,28). The first-order valence-corrected chi connectivity index (χ1v) is 11.0. The fraction of sp³-hybridized carbons (Fsp3) is 0.480. The van der Waals surface area contributed by atoms with E-state index < -0.39 is 0 Å². The summed E-state index contributed by atoms with van der Waals surface area (Å²) in [6.45, 7) is 8.90. The zero-order valence-corrected chi connectivity index (χ0v) is 19.8. The molecular formula is C25H37N3O4. The van der Waals surface area contributed by atoms with Gasteiger partial charge in [0, 0.05) is 39.4 Å². The lowest BCUT2D eigenvalue weighted by molar-refractivity contribution is 0.0453. The summed E-state index contributed by atoms with van der Waals surface area (Å²) in [5.74, 6) is 1.59. The van der Waals surface area contributed by atoms with Gasteiger partial charge in [0.25, 0.3) is 0 Å². The minimum Gasteiger partial charge on any atom is -0.491 e. The van der Waals surface area contributed by atoms with Crippen LogP contribution in [0.3, 0.4) is 0 Å². The number of aliphatic imine (C=N–C) groups is 1. The van der Waals surface area contributed by atoms with Crippen molar-refractivity contribution in [2.45, 2.75) is 33.5 Å². The van der Waals surface area contributed by atoms with E-state index >= 15 is 0 Å². The molecule has 0 amide bonds. The Morgan fingerprint density at radius 2 is 1.69 bits per heavy atom. The number of rotatable bonds is 14. The number of methoxy groups -OCH3 is 1. The summed E-state index contributed by atoms with van der Waals surface area (Å²) in [6.07, 6.45) is 0. The Morgan fingerprint density at radius 3 is 2.47 bits per heavy atom. The van der Waals surface area contributed by atoms with Gasteiger partial charge in [0.1, 0.15) is 12.4 Å². The third-order valence-corrected chi connectivity index (χ3v) is 4.73. The first-order valence-electron chi connectivity index (χ1n) is 11.0. The van der Waals surface area contributed by atoms with Crippen LogP contribution in [0.25, 0.3) is 0 Å². The molecule has 0 aliphatic carbocycles. The van der Waals surface area contributed by atoms with Crippen LogP contribution in [0.5, 0.6) is 5.75 Å². The molecule has 0 aliphatic rings. The van der Waals surface area contributed by atoms with E-state index in [1.54, 1.807) is 14.2 Å². The van der Waals surface area contributed by atoms with Crippen molar-refractivity contribution in [3.05, 3.63) is 64.7 Å². The molecule has 0 aromatic heterocycles. The van der Waals surface area contributed by atoms with Crippen molar-refractivity contribution in [3.8, 4) is 5.75 Å². The van der Waals surface area contributed by atoms with Crippen molar-refractivity contribution >= 4 is 5.96 Å². The van der Waals surface area contributed by atoms with E-state index in [-0.39, 0.29) is 0 Å². The molecule has 7 heteroatoms. The monoisotopic (exact) mass is 443 g/mol. The number of guanidine groups is 1. The van der Waals surface area contributed by atoms with E-state index in [1.807, 2.05) is 19.1 Å². The zero-order valence-electron chi connectivity index (χ0n) is 19.8. The molecule has 32 heavy (non-hydrogen) atoms. The smallest absolute Gasteiger partial charge is 0.191 e. The van der Waals surface area contributed by atoms with Crippen molar-refractivity contribution < 1.29 is 18.9 Å². The summed E-state index contributed by atoms with van der Waals surface area (Å²) in [7, 11) is 3.44. The van der Waals surface area contributed by atoms with E-state index in [0.717, 1.165) is 34.0 Å². The highest BCUT2D eigenvalue weighted by Crippen LogP contribution is 2.20. The topological polar surface area (TPSA) is 73.3 Å². The second kappa shape index (κ2) is 15.2. The molecule has 0 aliphatic heterocycles. The molecule has 0 bridgehead atoms. The molecular weight excluding hydrogens is 406 g/mol.